The molecule has 0 spiro atoms. The third kappa shape index (κ3) is 4.14. The molecule has 0 atom stereocenters. The minimum absolute atomic E-state index is 0.0716. The van der Waals surface area contributed by atoms with Crippen LogP contribution in [-0.4, -0.2) is 6.18 Å². The van der Waals surface area contributed by atoms with E-state index >= 15 is 0 Å². The van der Waals surface area contributed by atoms with Crippen molar-refractivity contribution in [1.29, 1.82) is 0 Å². The van der Waals surface area contributed by atoms with E-state index in [-0.39, 0.29) is 12.0 Å². The molecule has 0 aromatic rings. The maximum atomic E-state index is 12.8. The predicted octanol–water partition coefficient (Wildman–Crippen LogP) is 4.48. The van der Waals surface area contributed by atoms with Crippen molar-refractivity contribution in [1.82, 2.24) is 0 Å². The van der Waals surface area contributed by atoms with E-state index in [2.05, 4.69) is 13.2 Å². The van der Waals surface area contributed by atoms with Crippen molar-refractivity contribution in [2.24, 2.45) is 0 Å². The summed E-state index contributed by atoms with van der Waals surface area (Å²) in [5.74, 6) is -0.796. The molecule has 0 fully saturated rings. The zero-order chi connectivity index (χ0) is 12.1. The van der Waals surface area contributed by atoms with E-state index in [1.165, 1.54) is 6.92 Å². The summed E-state index contributed by atoms with van der Waals surface area (Å²) >= 11 is 0. The van der Waals surface area contributed by atoms with Gasteiger partial charge in [0.2, 0.25) is 0 Å². The van der Waals surface area contributed by atoms with E-state index < -0.39 is 17.6 Å². The normalized spacial score (nSPS) is 14.6. The molecule has 0 heterocycles. The molecule has 0 radical (unpaired) electrons. The van der Waals surface area contributed by atoms with Crippen LogP contribution in [0.15, 0.2) is 48.4 Å². The van der Waals surface area contributed by atoms with E-state index in [4.69, 9.17) is 0 Å². The smallest absolute Gasteiger partial charge is 0.207 e. The largest absolute Gasteiger partial charge is 0.416 e. The van der Waals surface area contributed by atoms with Crippen molar-refractivity contribution >= 4 is 0 Å². The monoisotopic (exact) mass is 220 g/mol. The van der Waals surface area contributed by atoms with Gasteiger partial charge >= 0.3 is 6.18 Å². The highest BCUT2D eigenvalue weighted by atomic mass is 19.4. The lowest BCUT2D eigenvalue weighted by molar-refractivity contribution is -0.0888. The van der Waals surface area contributed by atoms with Gasteiger partial charge in [-0.25, -0.2) is 4.39 Å². The minimum Gasteiger partial charge on any atom is -0.207 e. The molecule has 84 valence electrons. The Bertz CT molecular complexity index is 305. The summed E-state index contributed by atoms with van der Waals surface area (Å²) in [6.07, 6.45) is -2.08. The average molecular weight is 220 g/mol. The van der Waals surface area contributed by atoms with E-state index in [9.17, 15) is 17.6 Å². The fourth-order valence-corrected chi connectivity index (χ4v) is 1.02. The molecule has 0 rings (SSSR count). The third-order valence-electron chi connectivity index (χ3n) is 1.74. The summed E-state index contributed by atoms with van der Waals surface area (Å²) in [4.78, 5) is 0. The summed E-state index contributed by atoms with van der Waals surface area (Å²) in [5.41, 5.74) is -1.06. The highest BCUT2D eigenvalue weighted by Gasteiger charge is 2.33. The fraction of sp³-hybridized carbons (Fsp3) is 0.273. The minimum atomic E-state index is -4.51. The molecular formula is C11H12F4. The average Bonchev–Trinajstić information content (AvgIpc) is 2.14. The first-order chi connectivity index (χ1) is 6.86. The van der Waals surface area contributed by atoms with Gasteiger partial charge in [0.1, 0.15) is 5.83 Å². The van der Waals surface area contributed by atoms with Crippen molar-refractivity contribution in [3.05, 3.63) is 48.4 Å². The van der Waals surface area contributed by atoms with Gasteiger partial charge in [0, 0.05) is 0 Å². The molecule has 0 aliphatic rings. The Hall–Kier alpha value is -1.32. The third-order valence-corrected chi connectivity index (χ3v) is 1.74. The summed E-state index contributed by atoms with van der Waals surface area (Å²) in [7, 11) is 0. The van der Waals surface area contributed by atoms with E-state index in [0.29, 0.717) is 6.08 Å². The standard InChI is InChI=1S/C11H12F4/c1-4-8(7-9(12)5-2)10(6-3)11(13,14)15/h5-7H,2-4H2,1H3/b9-7+,10-8+. The molecule has 0 bridgehead atoms. The molecule has 0 amide bonds. The van der Waals surface area contributed by atoms with Gasteiger partial charge in [0.05, 0.1) is 5.57 Å². The van der Waals surface area contributed by atoms with Crippen LogP contribution in [0.3, 0.4) is 0 Å². The molecule has 0 N–H and O–H groups in total. The van der Waals surface area contributed by atoms with Gasteiger partial charge in [0.25, 0.3) is 0 Å². The van der Waals surface area contributed by atoms with Crippen molar-refractivity contribution in [2.45, 2.75) is 19.5 Å². The van der Waals surface area contributed by atoms with E-state index in [1.807, 2.05) is 0 Å². The van der Waals surface area contributed by atoms with Crippen LogP contribution in [0.2, 0.25) is 0 Å². The van der Waals surface area contributed by atoms with Crippen molar-refractivity contribution < 1.29 is 17.6 Å². The van der Waals surface area contributed by atoms with Gasteiger partial charge in [-0.1, -0.05) is 26.2 Å². The fourth-order valence-electron chi connectivity index (χ4n) is 1.02. The van der Waals surface area contributed by atoms with Gasteiger partial charge in [-0.15, -0.1) is 0 Å². The summed E-state index contributed by atoms with van der Waals surface area (Å²) in [5, 5.41) is 0. The first kappa shape index (κ1) is 13.7. The number of hydrogen-bond acceptors (Lipinski definition) is 0. The zero-order valence-corrected chi connectivity index (χ0v) is 8.37. The number of halogens is 4. The Morgan fingerprint density at radius 3 is 2.00 bits per heavy atom. The van der Waals surface area contributed by atoms with Crippen LogP contribution < -0.4 is 0 Å². The lowest BCUT2D eigenvalue weighted by Crippen LogP contribution is -2.12. The summed E-state index contributed by atoms with van der Waals surface area (Å²) < 4.78 is 50.0. The first-order valence-corrected chi connectivity index (χ1v) is 4.29. The Morgan fingerprint density at radius 1 is 1.20 bits per heavy atom. The molecule has 0 saturated carbocycles. The van der Waals surface area contributed by atoms with Crippen LogP contribution in [0.5, 0.6) is 0 Å². The van der Waals surface area contributed by atoms with Crippen molar-refractivity contribution in [3.63, 3.8) is 0 Å². The maximum absolute atomic E-state index is 12.8. The molecule has 0 unspecified atom stereocenters. The first-order valence-electron chi connectivity index (χ1n) is 4.29. The second-order valence-corrected chi connectivity index (χ2v) is 2.73. The van der Waals surface area contributed by atoms with Gasteiger partial charge in [0.15, 0.2) is 0 Å². The second kappa shape index (κ2) is 5.53. The lowest BCUT2D eigenvalue weighted by atomic mass is 10.0. The Labute approximate surface area is 86.3 Å². The predicted molar refractivity (Wildman–Crippen MR) is 53.0 cm³/mol. The van der Waals surface area contributed by atoms with Crippen molar-refractivity contribution in [2.75, 3.05) is 0 Å². The molecule has 0 aromatic carbocycles. The summed E-state index contributed by atoms with van der Waals surface area (Å²) in [6.45, 7) is 7.71. The molecule has 0 aromatic heterocycles. The molecule has 0 saturated heterocycles. The number of allylic oxidation sites excluding steroid dienone is 6. The molecule has 0 aliphatic carbocycles. The van der Waals surface area contributed by atoms with Crippen LogP contribution in [0, 0.1) is 0 Å². The van der Waals surface area contributed by atoms with Crippen molar-refractivity contribution in [3.8, 4) is 0 Å². The zero-order valence-electron chi connectivity index (χ0n) is 8.37. The number of alkyl halides is 3. The van der Waals surface area contributed by atoms with Crippen LogP contribution in [0.1, 0.15) is 13.3 Å². The number of rotatable bonds is 4. The van der Waals surface area contributed by atoms with Gasteiger partial charge < -0.3 is 0 Å². The Morgan fingerprint density at radius 2 is 1.73 bits per heavy atom. The maximum Gasteiger partial charge on any atom is 0.416 e. The molecule has 4 heteroatoms. The molecule has 0 nitrogen and oxygen atoms in total. The van der Waals surface area contributed by atoms with Crippen LogP contribution >= 0.6 is 0 Å². The highest BCUT2D eigenvalue weighted by molar-refractivity contribution is 5.37. The van der Waals surface area contributed by atoms with Gasteiger partial charge in [-0.05, 0) is 24.1 Å². The Kier molecular flexibility index (Phi) is 5.05. The van der Waals surface area contributed by atoms with E-state index in [1.54, 1.807) is 0 Å². The quantitative estimate of drug-likeness (QED) is 0.484. The number of hydrogen-bond donors (Lipinski definition) is 0. The molecule has 0 aliphatic heterocycles. The lowest BCUT2D eigenvalue weighted by Gasteiger charge is -2.11. The van der Waals surface area contributed by atoms with Gasteiger partial charge in [-0.2, -0.15) is 13.2 Å². The van der Waals surface area contributed by atoms with Crippen LogP contribution in [-0.2, 0) is 0 Å². The van der Waals surface area contributed by atoms with Gasteiger partial charge in [-0.3, -0.25) is 0 Å². The highest BCUT2D eigenvalue weighted by Crippen LogP contribution is 2.31. The second-order valence-electron chi connectivity index (χ2n) is 2.73. The molecular weight excluding hydrogens is 208 g/mol. The Balaban J connectivity index is 5.46. The van der Waals surface area contributed by atoms with Crippen LogP contribution in [0.25, 0.3) is 0 Å². The summed E-state index contributed by atoms with van der Waals surface area (Å²) in [6, 6.07) is 0. The van der Waals surface area contributed by atoms with Crippen LogP contribution in [0.4, 0.5) is 17.6 Å². The molecule has 15 heavy (non-hydrogen) atoms. The topological polar surface area (TPSA) is 0 Å². The SMILES string of the molecule is C=C/C(F)=C\C(CC)=C(/C=C)C(F)(F)F. The van der Waals surface area contributed by atoms with E-state index in [0.717, 1.165) is 12.2 Å².